The van der Waals surface area contributed by atoms with Gasteiger partial charge < -0.3 is 4.90 Å². The van der Waals surface area contributed by atoms with Gasteiger partial charge in [-0.1, -0.05) is 0 Å². The summed E-state index contributed by atoms with van der Waals surface area (Å²) in [5.41, 5.74) is 4.37. The number of hydrogen-bond donors (Lipinski definition) is 0. The monoisotopic (exact) mass is 334 g/mol. The lowest BCUT2D eigenvalue weighted by atomic mass is 10.1. The van der Waals surface area contributed by atoms with Crippen LogP contribution in [-0.2, 0) is 6.42 Å². The van der Waals surface area contributed by atoms with Crippen LogP contribution in [-0.4, -0.2) is 38.8 Å². The lowest BCUT2D eigenvalue weighted by Gasteiger charge is -2.25. The van der Waals surface area contributed by atoms with Crippen LogP contribution in [0.2, 0.25) is 0 Å². The Morgan fingerprint density at radius 3 is 2.76 bits per heavy atom. The minimum atomic E-state index is -0.0316. The standard InChI is InChI=1S/C20H22N4O/c1-13-5-8-22-17(9-13)10-14(2)24(4)20(25)18-11-16-12-21-7-6-19(16)23-15(18)3/h5-9,11-12,14H,10H2,1-4H3/t14-/m0/s1. The predicted octanol–water partition coefficient (Wildman–Crippen LogP) is 3.34. The Balaban J connectivity index is 1.83. The zero-order valence-corrected chi connectivity index (χ0v) is 15.0. The molecule has 3 heterocycles. The molecule has 3 rings (SSSR count). The average molecular weight is 334 g/mol. The minimum absolute atomic E-state index is 0.0316. The fraction of sp³-hybridized carbons (Fsp3) is 0.300. The molecule has 1 amide bonds. The molecule has 0 N–H and O–H groups in total. The van der Waals surface area contributed by atoms with Crippen molar-refractivity contribution in [3.63, 3.8) is 0 Å². The van der Waals surface area contributed by atoms with Crippen LogP contribution in [0.5, 0.6) is 0 Å². The third-order valence-electron chi connectivity index (χ3n) is 4.49. The van der Waals surface area contributed by atoms with Gasteiger partial charge in [-0.2, -0.15) is 0 Å². The van der Waals surface area contributed by atoms with Gasteiger partial charge in [0.2, 0.25) is 0 Å². The molecule has 0 unspecified atom stereocenters. The maximum Gasteiger partial charge on any atom is 0.255 e. The Labute approximate surface area is 147 Å². The summed E-state index contributed by atoms with van der Waals surface area (Å²) in [5.74, 6) is -0.0316. The fourth-order valence-electron chi connectivity index (χ4n) is 2.87. The zero-order valence-electron chi connectivity index (χ0n) is 15.0. The molecule has 0 radical (unpaired) electrons. The summed E-state index contributed by atoms with van der Waals surface area (Å²) >= 11 is 0. The van der Waals surface area contributed by atoms with Crippen molar-refractivity contribution in [3.8, 4) is 0 Å². The van der Waals surface area contributed by atoms with E-state index in [0.717, 1.165) is 22.3 Å². The molecule has 3 aromatic heterocycles. The van der Waals surface area contributed by atoms with E-state index in [2.05, 4.69) is 21.0 Å². The SMILES string of the molecule is Cc1ccnc(C[C@H](C)N(C)C(=O)c2cc3cnccc3nc2C)c1. The molecule has 0 aliphatic heterocycles. The van der Waals surface area contributed by atoms with Crippen LogP contribution in [0.1, 0.15) is 34.2 Å². The fourth-order valence-corrected chi connectivity index (χ4v) is 2.87. The largest absolute Gasteiger partial charge is 0.339 e. The highest BCUT2D eigenvalue weighted by molar-refractivity contribution is 5.98. The summed E-state index contributed by atoms with van der Waals surface area (Å²) in [4.78, 5) is 27.8. The summed E-state index contributed by atoms with van der Waals surface area (Å²) < 4.78 is 0. The molecule has 128 valence electrons. The van der Waals surface area contributed by atoms with Crippen molar-refractivity contribution in [2.24, 2.45) is 0 Å². The Morgan fingerprint density at radius 2 is 2.00 bits per heavy atom. The van der Waals surface area contributed by atoms with Gasteiger partial charge in [0.1, 0.15) is 0 Å². The quantitative estimate of drug-likeness (QED) is 0.734. The molecule has 5 heteroatoms. The van der Waals surface area contributed by atoms with E-state index in [0.29, 0.717) is 12.0 Å². The third-order valence-corrected chi connectivity index (χ3v) is 4.49. The van der Waals surface area contributed by atoms with E-state index in [4.69, 9.17) is 0 Å². The maximum atomic E-state index is 13.0. The van der Waals surface area contributed by atoms with E-state index in [-0.39, 0.29) is 11.9 Å². The first-order valence-electron chi connectivity index (χ1n) is 8.36. The third kappa shape index (κ3) is 3.65. The topological polar surface area (TPSA) is 59.0 Å². The van der Waals surface area contributed by atoms with Crippen LogP contribution in [0.4, 0.5) is 0 Å². The summed E-state index contributed by atoms with van der Waals surface area (Å²) in [5, 5.41) is 0.873. The van der Waals surface area contributed by atoms with E-state index in [1.165, 1.54) is 5.56 Å². The number of carbonyl (C=O) groups is 1. The molecule has 0 aliphatic rings. The number of pyridine rings is 3. The van der Waals surface area contributed by atoms with Crippen LogP contribution >= 0.6 is 0 Å². The van der Waals surface area contributed by atoms with Crippen molar-refractivity contribution in [2.75, 3.05) is 7.05 Å². The summed E-state index contributed by atoms with van der Waals surface area (Å²) in [6, 6.07) is 7.80. The summed E-state index contributed by atoms with van der Waals surface area (Å²) in [7, 11) is 1.83. The molecule has 0 saturated heterocycles. The van der Waals surface area contributed by atoms with Gasteiger partial charge in [0.25, 0.3) is 5.91 Å². The number of likely N-dealkylation sites (N-methyl/N-ethyl adjacent to an activating group) is 1. The van der Waals surface area contributed by atoms with Crippen molar-refractivity contribution in [1.82, 2.24) is 19.9 Å². The minimum Gasteiger partial charge on any atom is -0.339 e. The van der Waals surface area contributed by atoms with Crippen molar-refractivity contribution in [2.45, 2.75) is 33.2 Å². The molecule has 3 aromatic rings. The highest BCUT2D eigenvalue weighted by Crippen LogP contribution is 2.18. The second-order valence-electron chi connectivity index (χ2n) is 6.48. The van der Waals surface area contributed by atoms with Crippen LogP contribution in [0.3, 0.4) is 0 Å². The molecule has 0 saturated carbocycles. The number of aryl methyl sites for hydroxylation is 2. The number of hydrogen-bond acceptors (Lipinski definition) is 4. The first-order chi connectivity index (χ1) is 12.0. The average Bonchev–Trinajstić information content (AvgIpc) is 2.60. The Bertz CT molecular complexity index is 922. The molecular weight excluding hydrogens is 312 g/mol. The number of fused-ring (bicyclic) bond motifs is 1. The van der Waals surface area contributed by atoms with Gasteiger partial charge in [0.05, 0.1) is 16.8 Å². The molecule has 0 aliphatic carbocycles. The molecular formula is C20H22N4O. The Morgan fingerprint density at radius 1 is 1.20 bits per heavy atom. The molecule has 1 atom stereocenters. The second kappa shape index (κ2) is 6.97. The Hall–Kier alpha value is -2.82. The molecule has 25 heavy (non-hydrogen) atoms. The second-order valence-corrected chi connectivity index (χ2v) is 6.48. The maximum absolute atomic E-state index is 13.0. The van der Waals surface area contributed by atoms with Crippen LogP contribution < -0.4 is 0 Å². The van der Waals surface area contributed by atoms with Gasteiger partial charge in [-0.3, -0.25) is 19.7 Å². The Kier molecular flexibility index (Phi) is 4.74. The molecule has 5 nitrogen and oxygen atoms in total. The number of aromatic nitrogens is 3. The highest BCUT2D eigenvalue weighted by atomic mass is 16.2. The van der Waals surface area contributed by atoms with Gasteiger partial charge in [-0.25, -0.2) is 0 Å². The molecule has 0 fully saturated rings. The van der Waals surface area contributed by atoms with E-state index in [1.54, 1.807) is 17.3 Å². The van der Waals surface area contributed by atoms with Crippen LogP contribution in [0.25, 0.3) is 10.9 Å². The normalized spacial score (nSPS) is 12.2. The van der Waals surface area contributed by atoms with E-state index < -0.39 is 0 Å². The van der Waals surface area contributed by atoms with E-state index >= 15 is 0 Å². The first-order valence-corrected chi connectivity index (χ1v) is 8.36. The lowest BCUT2D eigenvalue weighted by Crippen LogP contribution is -2.37. The molecule has 0 bridgehead atoms. The van der Waals surface area contributed by atoms with Crippen molar-refractivity contribution < 1.29 is 4.79 Å². The zero-order chi connectivity index (χ0) is 18.0. The van der Waals surface area contributed by atoms with Crippen LogP contribution in [0.15, 0.2) is 42.9 Å². The van der Waals surface area contributed by atoms with Crippen molar-refractivity contribution in [1.29, 1.82) is 0 Å². The number of carbonyl (C=O) groups excluding carboxylic acids is 1. The van der Waals surface area contributed by atoms with Crippen LogP contribution in [0, 0.1) is 13.8 Å². The summed E-state index contributed by atoms with van der Waals surface area (Å²) in [6.45, 7) is 5.95. The van der Waals surface area contributed by atoms with Crippen molar-refractivity contribution in [3.05, 3.63) is 65.4 Å². The lowest BCUT2D eigenvalue weighted by molar-refractivity contribution is 0.0742. The van der Waals surface area contributed by atoms with Gasteiger partial charge in [-0.15, -0.1) is 0 Å². The first kappa shape index (κ1) is 17.0. The number of nitrogens with zero attached hydrogens (tertiary/aromatic N) is 4. The van der Waals surface area contributed by atoms with Gasteiger partial charge >= 0.3 is 0 Å². The molecule has 0 spiro atoms. The van der Waals surface area contributed by atoms with E-state index in [1.807, 2.05) is 52.2 Å². The van der Waals surface area contributed by atoms with Gasteiger partial charge in [-0.05, 0) is 50.6 Å². The van der Waals surface area contributed by atoms with Gasteiger partial charge in [0, 0.05) is 49.2 Å². The predicted molar refractivity (Wildman–Crippen MR) is 98.5 cm³/mol. The molecule has 0 aromatic carbocycles. The van der Waals surface area contributed by atoms with E-state index in [9.17, 15) is 4.79 Å². The van der Waals surface area contributed by atoms with Gasteiger partial charge in [0.15, 0.2) is 0 Å². The van der Waals surface area contributed by atoms with Crippen molar-refractivity contribution >= 4 is 16.8 Å². The number of rotatable bonds is 4. The summed E-state index contributed by atoms with van der Waals surface area (Å²) in [6.07, 6.45) is 5.97. The number of amides is 1. The smallest absolute Gasteiger partial charge is 0.255 e. The highest BCUT2D eigenvalue weighted by Gasteiger charge is 2.21.